The highest BCUT2D eigenvalue weighted by Gasteiger charge is 2.09. The molecule has 130 valence electrons. The van der Waals surface area contributed by atoms with Gasteiger partial charge in [0, 0.05) is 38.0 Å². The Morgan fingerprint density at radius 3 is 2.79 bits per heavy atom. The lowest BCUT2D eigenvalue weighted by Gasteiger charge is -2.18. The van der Waals surface area contributed by atoms with Crippen LogP contribution in [0.5, 0.6) is 0 Å². The van der Waals surface area contributed by atoms with Gasteiger partial charge >= 0.3 is 5.63 Å². The zero-order valence-electron chi connectivity index (χ0n) is 14.7. The second-order valence-electron chi connectivity index (χ2n) is 6.50. The molecule has 1 aromatic heterocycles. The van der Waals surface area contributed by atoms with Gasteiger partial charge in [0.05, 0.1) is 5.69 Å². The normalized spacial score (nSPS) is 11.0. The number of hydrogen-bond acceptors (Lipinski definition) is 4. The van der Waals surface area contributed by atoms with E-state index in [-0.39, 0.29) is 11.5 Å². The van der Waals surface area contributed by atoms with Crippen molar-refractivity contribution in [3.8, 4) is 0 Å². The molecule has 5 heteroatoms. The number of amides is 1. The fraction of sp³-hybridized carbons (Fsp3) is 0.474. The Hall–Kier alpha value is -2.30. The summed E-state index contributed by atoms with van der Waals surface area (Å²) in [5.74, 6) is 0.733. The van der Waals surface area contributed by atoms with E-state index in [1.807, 2.05) is 25.2 Å². The molecule has 5 nitrogen and oxygen atoms in total. The summed E-state index contributed by atoms with van der Waals surface area (Å²) >= 11 is 0. The Labute approximate surface area is 142 Å². The van der Waals surface area contributed by atoms with E-state index in [1.165, 1.54) is 6.07 Å². The first kappa shape index (κ1) is 18.0. The maximum absolute atomic E-state index is 12.0. The van der Waals surface area contributed by atoms with Gasteiger partial charge in [-0.3, -0.25) is 4.79 Å². The number of para-hydroxylation sites is 1. The maximum Gasteiger partial charge on any atom is 0.338 e. The molecule has 2 rings (SSSR count). The third kappa shape index (κ3) is 5.11. The largest absolute Gasteiger partial charge is 0.423 e. The maximum atomic E-state index is 12.0. The fourth-order valence-corrected chi connectivity index (χ4v) is 2.52. The second kappa shape index (κ2) is 8.52. The molecule has 1 N–H and O–H groups in total. The summed E-state index contributed by atoms with van der Waals surface area (Å²) in [4.78, 5) is 25.4. The van der Waals surface area contributed by atoms with Crippen molar-refractivity contribution >= 4 is 22.6 Å². The Morgan fingerprint density at radius 2 is 2.04 bits per heavy atom. The van der Waals surface area contributed by atoms with Crippen LogP contribution < -0.4 is 10.9 Å². The number of anilines is 1. The Morgan fingerprint density at radius 1 is 1.29 bits per heavy atom. The smallest absolute Gasteiger partial charge is 0.338 e. The highest BCUT2D eigenvalue weighted by atomic mass is 16.4. The zero-order valence-corrected chi connectivity index (χ0v) is 14.7. The monoisotopic (exact) mass is 330 g/mol. The first-order chi connectivity index (χ1) is 11.5. The van der Waals surface area contributed by atoms with Crippen LogP contribution in [0.3, 0.4) is 0 Å². The quantitative estimate of drug-likeness (QED) is 0.594. The van der Waals surface area contributed by atoms with Crippen LogP contribution >= 0.6 is 0 Å². The molecule has 1 aromatic carbocycles. The van der Waals surface area contributed by atoms with E-state index in [4.69, 9.17) is 4.42 Å². The number of nitrogens with zero attached hydrogens (tertiary/aromatic N) is 1. The summed E-state index contributed by atoms with van der Waals surface area (Å²) < 4.78 is 5.18. The lowest BCUT2D eigenvalue weighted by molar-refractivity contribution is -0.130. The average molecular weight is 330 g/mol. The minimum atomic E-state index is -0.364. The van der Waals surface area contributed by atoms with Crippen LogP contribution in [0, 0.1) is 5.92 Å². The van der Waals surface area contributed by atoms with E-state index < -0.39 is 0 Å². The molecule has 1 heterocycles. The van der Waals surface area contributed by atoms with Crippen molar-refractivity contribution in [2.24, 2.45) is 5.92 Å². The van der Waals surface area contributed by atoms with Crippen LogP contribution in [0.25, 0.3) is 11.0 Å². The van der Waals surface area contributed by atoms with Crippen LogP contribution in [-0.4, -0.2) is 30.9 Å². The first-order valence-electron chi connectivity index (χ1n) is 8.48. The number of fused-ring (bicyclic) bond motifs is 1. The standard InChI is InChI=1S/C19H26N2O3/c1-14(2)9-10-18(22)21(3)12-6-11-20-16-13-19(23)24-17-8-5-4-7-15(16)17/h4-5,7-8,13-14,20H,6,9-12H2,1-3H3. The molecule has 1 amide bonds. The summed E-state index contributed by atoms with van der Waals surface area (Å²) in [6.07, 6.45) is 2.34. The van der Waals surface area contributed by atoms with Crippen LogP contribution in [0.15, 0.2) is 39.5 Å². The number of carbonyl (C=O) groups is 1. The van der Waals surface area contributed by atoms with Crippen molar-refractivity contribution in [2.75, 3.05) is 25.5 Å². The molecule has 2 aromatic rings. The molecule has 0 saturated heterocycles. The van der Waals surface area contributed by atoms with Gasteiger partial charge in [0.2, 0.25) is 5.91 Å². The van der Waals surface area contributed by atoms with Crippen molar-refractivity contribution < 1.29 is 9.21 Å². The average Bonchev–Trinajstić information content (AvgIpc) is 2.55. The molecule has 0 radical (unpaired) electrons. The number of rotatable bonds is 8. The highest BCUT2D eigenvalue weighted by Crippen LogP contribution is 2.20. The molecular formula is C19H26N2O3. The summed E-state index contributed by atoms with van der Waals surface area (Å²) in [6.45, 7) is 5.63. The SMILES string of the molecule is CC(C)CCC(=O)N(C)CCCNc1cc(=O)oc2ccccc12. The molecule has 0 fully saturated rings. The van der Waals surface area contributed by atoms with E-state index in [1.54, 1.807) is 11.0 Å². The van der Waals surface area contributed by atoms with E-state index in [9.17, 15) is 9.59 Å². The molecule has 0 aliphatic heterocycles. The number of nitrogens with one attached hydrogen (secondary N) is 1. The molecule has 0 spiro atoms. The van der Waals surface area contributed by atoms with Crippen LogP contribution in [-0.2, 0) is 4.79 Å². The second-order valence-corrected chi connectivity index (χ2v) is 6.50. The number of benzene rings is 1. The third-order valence-corrected chi connectivity index (χ3v) is 4.00. The predicted molar refractivity (Wildman–Crippen MR) is 97.3 cm³/mol. The fourth-order valence-electron chi connectivity index (χ4n) is 2.52. The summed E-state index contributed by atoms with van der Waals surface area (Å²) in [6, 6.07) is 8.92. The van der Waals surface area contributed by atoms with E-state index in [0.29, 0.717) is 31.0 Å². The van der Waals surface area contributed by atoms with Crippen LogP contribution in [0.4, 0.5) is 5.69 Å². The van der Waals surface area contributed by atoms with Gasteiger partial charge in [0.15, 0.2) is 0 Å². The summed E-state index contributed by atoms with van der Waals surface area (Å²) in [7, 11) is 1.84. The van der Waals surface area contributed by atoms with Gasteiger partial charge in [-0.1, -0.05) is 26.0 Å². The van der Waals surface area contributed by atoms with Gasteiger partial charge in [0.25, 0.3) is 0 Å². The van der Waals surface area contributed by atoms with Crippen molar-refractivity contribution in [1.29, 1.82) is 0 Å². The number of carbonyl (C=O) groups excluding carboxylic acids is 1. The molecule has 0 atom stereocenters. The van der Waals surface area contributed by atoms with Gasteiger partial charge in [-0.15, -0.1) is 0 Å². The van der Waals surface area contributed by atoms with Crippen LogP contribution in [0.1, 0.15) is 33.1 Å². The van der Waals surface area contributed by atoms with E-state index in [0.717, 1.165) is 23.9 Å². The molecule has 0 saturated carbocycles. The summed E-state index contributed by atoms with van der Waals surface area (Å²) in [5.41, 5.74) is 0.987. The third-order valence-electron chi connectivity index (χ3n) is 4.00. The minimum absolute atomic E-state index is 0.189. The molecule has 24 heavy (non-hydrogen) atoms. The first-order valence-corrected chi connectivity index (χ1v) is 8.48. The van der Waals surface area contributed by atoms with Gasteiger partial charge < -0.3 is 14.6 Å². The minimum Gasteiger partial charge on any atom is -0.423 e. The Kier molecular flexibility index (Phi) is 6.41. The molecule has 0 aliphatic carbocycles. The van der Waals surface area contributed by atoms with Crippen molar-refractivity contribution in [3.05, 3.63) is 40.8 Å². The highest BCUT2D eigenvalue weighted by molar-refractivity contribution is 5.89. The van der Waals surface area contributed by atoms with Crippen molar-refractivity contribution in [2.45, 2.75) is 33.1 Å². The topological polar surface area (TPSA) is 62.6 Å². The van der Waals surface area contributed by atoms with E-state index in [2.05, 4.69) is 19.2 Å². The Bertz CT molecular complexity index is 737. The molecule has 0 aliphatic rings. The van der Waals surface area contributed by atoms with Gasteiger partial charge in [-0.05, 0) is 30.9 Å². The molecular weight excluding hydrogens is 304 g/mol. The zero-order chi connectivity index (χ0) is 17.5. The predicted octanol–water partition coefficient (Wildman–Crippen LogP) is 3.49. The number of hydrogen-bond donors (Lipinski definition) is 1. The molecule has 0 bridgehead atoms. The lowest BCUT2D eigenvalue weighted by atomic mass is 10.1. The lowest BCUT2D eigenvalue weighted by Crippen LogP contribution is -2.28. The molecule has 0 unspecified atom stereocenters. The van der Waals surface area contributed by atoms with Gasteiger partial charge in [0.1, 0.15) is 5.58 Å². The van der Waals surface area contributed by atoms with Crippen molar-refractivity contribution in [1.82, 2.24) is 4.90 Å². The van der Waals surface area contributed by atoms with E-state index >= 15 is 0 Å². The van der Waals surface area contributed by atoms with Gasteiger partial charge in [-0.25, -0.2) is 4.79 Å². The van der Waals surface area contributed by atoms with Gasteiger partial charge in [-0.2, -0.15) is 0 Å². The summed E-state index contributed by atoms with van der Waals surface area (Å²) in [5, 5.41) is 4.16. The van der Waals surface area contributed by atoms with Crippen LogP contribution in [0.2, 0.25) is 0 Å². The van der Waals surface area contributed by atoms with Crippen molar-refractivity contribution in [3.63, 3.8) is 0 Å². The Balaban J connectivity index is 1.84.